The Morgan fingerprint density at radius 1 is 1.09 bits per heavy atom. The molecule has 0 amide bonds. The van der Waals surface area contributed by atoms with Gasteiger partial charge in [0.1, 0.15) is 0 Å². The zero-order valence-electron chi connectivity index (χ0n) is 14.9. The first-order valence-electron chi connectivity index (χ1n) is 9.97. The number of rotatable bonds is 2. The van der Waals surface area contributed by atoms with Crippen molar-refractivity contribution < 1.29 is 10.2 Å². The number of fused-ring (bicyclic) bond motifs is 5. The molecule has 0 radical (unpaired) electrons. The maximum atomic E-state index is 10.1. The number of allylic oxidation sites excluding steroid dienone is 1. The van der Waals surface area contributed by atoms with Gasteiger partial charge in [0.15, 0.2) is 0 Å². The van der Waals surface area contributed by atoms with Crippen LogP contribution in [-0.4, -0.2) is 22.9 Å². The van der Waals surface area contributed by atoms with E-state index >= 15 is 0 Å². The zero-order valence-corrected chi connectivity index (χ0v) is 14.9. The molecule has 0 aromatic rings. The van der Waals surface area contributed by atoms with E-state index in [1.54, 1.807) is 5.57 Å². The lowest BCUT2D eigenvalue weighted by atomic mass is 9.47. The van der Waals surface area contributed by atoms with Crippen molar-refractivity contribution in [1.29, 1.82) is 0 Å². The van der Waals surface area contributed by atoms with E-state index in [0.29, 0.717) is 17.4 Å². The van der Waals surface area contributed by atoms with Crippen LogP contribution in [0.3, 0.4) is 0 Å². The van der Waals surface area contributed by atoms with Crippen molar-refractivity contribution in [3.05, 3.63) is 11.6 Å². The van der Waals surface area contributed by atoms with Crippen molar-refractivity contribution in [1.82, 2.24) is 0 Å². The van der Waals surface area contributed by atoms with Gasteiger partial charge in [-0.3, -0.25) is 0 Å². The van der Waals surface area contributed by atoms with Gasteiger partial charge < -0.3 is 10.2 Å². The Hall–Kier alpha value is -0.340. The number of aliphatic hydroxyl groups is 2. The molecule has 4 aliphatic rings. The van der Waals surface area contributed by atoms with Crippen molar-refractivity contribution in [2.24, 2.45) is 34.5 Å². The summed E-state index contributed by atoms with van der Waals surface area (Å²) >= 11 is 0. The monoisotopic (exact) mass is 318 g/mol. The van der Waals surface area contributed by atoms with Crippen molar-refractivity contribution in [3.63, 3.8) is 0 Å². The molecule has 2 N–H and O–H groups in total. The molecule has 0 saturated heterocycles. The fourth-order valence-corrected chi connectivity index (χ4v) is 7.38. The maximum Gasteiger partial charge on any atom is 0.0577 e. The van der Waals surface area contributed by atoms with Crippen LogP contribution in [0.2, 0.25) is 0 Å². The minimum absolute atomic E-state index is 0.0971. The predicted octanol–water partition coefficient (Wildman–Crippen LogP) is 4.31. The van der Waals surface area contributed by atoms with Crippen molar-refractivity contribution in [3.8, 4) is 0 Å². The van der Waals surface area contributed by atoms with Crippen molar-refractivity contribution in [2.45, 2.75) is 77.7 Å². The molecule has 0 aromatic heterocycles. The molecule has 23 heavy (non-hydrogen) atoms. The van der Waals surface area contributed by atoms with Gasteiger partial charge in [-0.2, -0.15) is 0 Å². The molecule has 3 saturated carbocycles. The Kier molecular flexibility index (Phi) is 3.93. The van der Waals surface area contributed by atoms with E-state index in [1.807, 2.05) is 0 Å². The van der Waals surface area contributed by atoms with Crippen LogP contribution in [0.5, 0.6) is 0 Å². The zero-order chi connectivity index (χ0) is 16.2. The molecule has 4 aliphatic carbocycles. The van der Waals surface area contributed by atoms with E-state index in [1.165, 1.54) is 38.5 Å². The molecule has 0 aliphatic heterocycles. The summed E-state index contributed by atoms with van der Waals surface area (Å²) < 4.78 is 0. The SMILES string of the molecule is C[C@]12CC[C@H]3[C@@H](CC=C4C[C@@H](O)CC[C@@]43C)[C@@H]1CC[C@H]2CCO. The smallest absolute Gasteiger partial charge is 0.0577 e. The second kappa shape index (κ2) is 5.59. The van der Waals surface area contributed by atoms with Gasteiger partial charge in [-0.05, 0) is 92.3 Å². The highest BCUT2D eigenvalue weighted by atomic mass is 16.3. The first-order valence-corrected chi connectivity index (χ1v) is 9.97. The first-order chi connectivity index (χ1) is 11.0. The summed E-state index contributed by atoms with van der Waals surface area (Å²) in [5.41, 5.74) is 2.41. The third-order valence-corrected chi connectivity index (χ3v) is 8.75. The van der Waals surface area contributed by atoms with Crippen LogP contribution in [0.25, 0.3) is 0 Å². The predicted molar refractivity (Wildman–Crippen MR) is 92.9 cm³/mol. The number of hydrogen-bond donors (Lipinski definition) is 2. The summed E-state index contributed by atoms with van der Waals surface area (Å²) in [6, 6.07) is 0. The highest BCUT2D eigenvalue weighted by Gasteiger charge is 2.58. The van der Waals surface area contributed by atoms with E-state index in [0.717, 1.165) is 42.9 Å². The molecular weight excluding hydrogens is 284 g/mol. The van der Waals surface area contributed by atoms with Crippen LogP contribution in [0.1, 0.15) is 71.6 Å². The Morgan fingerprint density at radius 3 is 2.70 bits per heavy atom. The molecular formula is C21H34O2. The molecule has 0 heterocycles. The fourth-order valence-electron chi connectivity index (χ4n) is 7.38. The summed E-state index contributed by atoms with van der Waals surface area (Å²) in [7, 11) is 0. The standard InChI is InChI=1S/C21H34O2/c1-20-11-8-19-17(18(20)6-4-14(20)9-12-22)5-3-15-13-16(23)7-10-21(15,19)2/h3,14,16-19,22-23H,4-13H2,1-2H3/t14-,16-,17-,18-,19-,20+,21-/m0/s1. The highest BCUT2D eigenvalue weighted by Crippen LogP contribution is 2.66. The minimum Gasteiger partial charge on any atom is -0.396 e. The lowest BCUT2D eigenvalue weighted by Crippen LogP contribution is -2.50. The van der Waals surface area contributed by atoms with E-state index in [4.69, 9.17) is 0 Å². The second-order valence-electron chi connectivity index (χ2n) is 9.49. The average molecular weight is 319 g/mol. The first kappa shape index (κ1) is 16.1. The second-order valence-corrected chi connectivity index (χ2v) is 9.49. The van der Waals surface area contributed by atoms with Crippen molar-refractivity contribution >= 4 is 0 Å². The summed E-state index contributed by atoms with van der Waals surface area (Å²) in [4.78, 5) is 0. The van der Waals surface area contributed by atoms with Crippen LogP contribution in [0.15, 0.2) is 11.6 Å². The molecule has 0 bridgehead atoms. The normalized spacial score (nSPS) is 52.3. The fraction of sp³-hybridized carbons (Fsp3) is 0.905. The van der Waals surface area contributed by atoms with Gasteiger partial charge in [-0.25, -0.2) is 0 Å². The van der Waals surface area contributed by atoms with Gasteiger partial charge in [0.05, 0.1) is 6.10 Å². The van der Waals surface area contributed by atoms with E-state index in [2.05, 4.69) is 19.9 Å². The molecule has 0 unspecified atom stereocenters. The van der Waals surface area contributed by atoms with Crippen LogP contribution in [0, 0.1) is 34.5 Å². The number of aliphatic hydroxyl groups excluding tert-OH is 2. The summed E-state index contributed by atoms with van der Waals surface area (Å²) in [5.74, 6) is 3.28. The minimum atomic E-state index is -0.0971. The Labute approximate surface area is 141 Å². The van der Waals surface area contributed by atoms with Crippen molar-refractivity contribution in [2.75, 3.05) is 6.61 Å². The molecule has 130 valence electrons. The summed E-state index contributed by atoms with van der Waals surface area (Å²) in [6.45, 7) is 5.40. The molecule has 3 fully saturated rings. The third kappa shape index (κ3) is 2.28. The van der Waals surface area contributed by atoms with Crippen LogP contribution in [-0.2, 0) is 0 Å². The quantitative estimate of drug-likeness (QED) is 0.745. The molecule has 2 heteroatoms. The average Bonchev–Trinajstić information content (AvgIpc) is 2.85. The van der Waals surface area contributed by atoms with Gasteiger partial charge in [0, 0.05) is 6.61 Å². The molecule has 2 nitrogen and oxygen atoms in total. The van der Waals surface area contributed by atoms with Gasteiger partial charge in [-0.1, -0.05) is 25.5 Å². The topological polar surface area (TPSA) is 40.5 Å². The van der Waals surface area contributed by atoms with Gasteiger partial charge >= 0.3 is 0 Å². The third-order valence-electron chi connectivity index (χ3n) is 8.75. The van der Waals surface area contributed by atoms with Gasteiger partial charge in [0.25, 0.3) is 0 Å². The maximum absolute atomic E-state index is 10.1. The lowest BCUT2D eigenvalue weighted by molar-refractivity contribution is -0.0521. The van der Waals surface area contributed by atoms with Crippen LogP contribution < -0.4 is 0 Å². The van der Waals surface area contributed by atoms with Crippen LogP contribution in [0.4, 0.5) is 0 Å². The molecule has 0 spiro atoms. The summed E-state index contributed by atoms with van der Waals surface area (Å²) in [5, 5.41) is 19.5. The van der Waals surface area contributed by atoms with E-state index in [-0.39, 0.29) is 6.10 Å². The lowest BCUT2D eigenvalue weighted by Gasteiger charge is -2.58. The largest absolute Gasteiger partial charge is 0.396 e. The molecule has 7 atom stereocenters. The van der Waals surface area contributed by atoms with E-state index in [9.17, 15) is 10.2 Å². The van der Waals surface area contributed by atoms with Crippen LogP contribution >= 0.6 is 0 Å². The Morgan fingerprint density at radius 2 is 1.91 bits per heavy atom. The Balaban J connectivity index is 1.62. The molecule has 0 aromatic carbocycles. The Bertz CT molecular complexity index is 498. The highest BCUT2D eigenvalue weighted by molar-refractivity contribution is 5.25. The van der Waals surface area contributed by atoms with E-state index < -0.39 is 0 Å². The van der Waals surface area contributed by atoms with Gasteiger partial charge in [0.2, 0.25) is 0 Å². The summed E-state index contributed by atoms with van der Waals surface area (Å²) in [6.07, 6.45) is 13.2. The number of hydrogen-bond acceptors (Lipinski definition) is 2. The van der Waals surface area contributed by atoms with Gasteiger partial charge in [-0.15, -0.1) is 0 Å². The molecule has 4 rings (SSSR count).